The average molecular weight is 533 g/mol. The first-order chi connectivity index (χ1) is 16.9. The number of aromatic nitrogens is 3. The molecular formula is C25H29ClN4O5S. The molecule has 0 radical (unpaired) electrons. The van der Waals surface area contributed by atoms with Crippen molar-refractivity contribution < 1.29 is 22.7 Å². The van der Waals surface area contributed by atoms with Gasteiger partial charge in [-0.05, 0) is 56.7 Å². The van der Waals surface area contributed by atoms with Crippen LogP contribution in [-0.4, -0.2) is 59.2 Å². The lowest BCUT2D eigenvalue weighted by atomic mass is 9.97. The minimum absolute atomic E-state index is 0.0774. The third-order valence-corrected chi connectivity index (χ3v) is 7.48. The maximum absolute atomic E-state index is 13.5. The van der Waals surface area contributed by atoms with E-state index in [0.717, 1.165) is 11.8 Å². The lowest BCUT2D eigenvalue weighted by Crippen LogP contribution is -2.57. The van der Waals surface area contributed by atoms with Crippen molar-refractivity contribution in [2.45, 2.75) is 50.0 Å². The minimum Gasteiger partial charge on any atom is -0.487 e. The number of morpholine rings is 1. The number of carbonyl (C=O) groups excluding carboxylic acids is 1. The molecule has 0 spiro atoms. The molecule has 1 amide bonds. The van der Waals surface area contributed by atoms with Crippen LogP contribution in [0.1, 0.15) is 44.2 Å². The molecule has 36 heavy (non-hydrogen) atoms. The standard InChI is InChI=1S/C25H29ClN4O5S/c1-17(24(31)29-14-23(35-16-25(29,2)3)18-7-5-8-19(26)11-18)30-13-20(27-28-30)15-34-21-9-6-10-22(12-21)36(4,32)33/h5-13,17,23H,14-16H2,1-4H3. The fourth-order valence-corrected chi connectivity index (χ4v) is 4.86. The Labute approximate surface area is 215 Å². The van der Waals surface area contributed by atoms with Gasteiger partial charge in [0.15, 0.2) is 9.84 Å². The van der Waals surface area contributed by atoms with Crippen LogP contribution in [0.3, 0.4) is 0 Å². The number of nitrogens with zero attached hydrogens (tertiary/aromatic N) is 4. The van der Waals surface area contributed by atoms with Gasteiger partial charge in [-0.2, -0.15) is 0 Å². The predicted octanol–water partition coefficient (Wildman–Crippen LogP) is 3.85. The lowest BCUT2D eigenvalue weighted by molar-refractivity contribution is -0.158. The number of rotatable bonds is 7. The van der Waals surface area contributed by atoms with E-state index in [-0.39, 0.29) is 23.5 Å². The first-order valence-corrected chi connectivity index (χ1v) is 13.7. The van der Waals surface area contributed by atoms with Crippen molar-refractivity contribution in [2.75, 3.05) is 19.4 Å². The van der Waals surface area contributed by atoms with Gasteiger partial charge < -0.3 is 14.4 Å². The van der Waals surface area contributed by atoms with E-state index >= 15 is 0 Å². The van der Waals surface area contributed by atoms with Crippen molar-refractivity contribution in [1.82, 2.24) is 19.9 Å². The fourth-order valence-electron chi connectivity index (χ4n) is 4.00. The second kappa shape index (κ2) is 10.2. The fraction of sp³-hybridized carbons (Fsp3) is 0.400. The highest BCUT2D eigenvalue weighted by Gasteiger charge is 2.40. The summed E-state index contributed by atoms with van der Waals surface area (Å²) < 4.78 is 36.8. The topological polar surface area (TPSA) is 104 Å². The summed E-state index contributed by atoms with van der Waals surface area (Å²) in [5.74, 6) is 0.298. The Morgan fingerprint density at radius 1 is 1.25 bits per heavy atom. The summed E-state index contributed by atoms with van der Waals surface area (Å²) in [7, 11) is -3.34. The molecule has 2 heterocycles. The molecule has 0 aliphatic carbocycles. The van der Waals surface area contributed by atoms with E-state index in [0.29, 0.717) is 29.6 Å². The third-order valence-electron chi connectivity index (χ3n) is 6.14. The van der Waals surface area contributed by atoms with Gasteiger partial charge in [-0.3, -0.25) is 4.79 Å². The molecule has 192 valence electrons. The van der Waals surface area contributed by atoms with Crippen molar-refractivity contribution in [3.63, 3.8) is 0 Å². The number of ether oxygens (including phenoxy) is 2. The van der Waals surface area contributed by atoms with Gasteiger partial charge >= 0.3 is 0 Å². The van der Waals surface area contributed by atoms with Crippen LogP contribution in [0.2, 0.25) is 5.02 Å². The van der Waals surface area contributed by atoms with Crippen molar-refractivity contribution in [2.24, 2.45) is 0 Å². The van der Waals surface area contributed by atoms with E-state index in [1.54, 1.807) is 31.3 Å². The maximum atomic E-state index is 13.5. The van der Waals surface area contributed by atoms with Gasteiger partial charge in [-0.15, -0.1) is 5.10 Å². The van der Waals surface area contributed by atoms with E-state index in [2.05, 4.69) is 10.3 Å². The van der Waals surface area contributed by atoms with E-state index in [4.69, 9.17) is 21.1 Å². The summed E-state index contributed by atoms with van der Waals surface area (Å²) in [5.41, 5.74) is 0.929. The van der Waals surface area contributed by atoms with Gasteiger partial charge in [0.2, 0.25) is 5.91 Å². The normalized spacial score (nSPS) is 18.6. The molecule has 1 aromatic heterocycles. The van der Waals surface area contributed by atoms with Crippen LogP contribution in [0, 0.1) is 0 Å². The van der Waals surface area contributed by atoms with Crippen LogP contribution >= 0.6 is 11.6 Å². The van der Waals surface area contributed by atoms with Crippen LogP contribution < -0.4 is 4.74 Å². The van der Waals surface area contributed by atoms with Crippen LogP contribution in [0.25, 0.3) is 0 Å². The molecule has 4 rings (SSSR count). The number of hydrogen-bond donors (Lipinski definition) is 0. The Morgan fingerprint density at radius 3 is 2.72 bits per heavy atom. The van der Waals surface area contributed by atoms with Crippen molar-refractivity contribution in [3.8, 4) is 5.75 Å². The molecular weight excluding hydrogens is 504 g/mol. The van der Waals surface area contributed by atoms with E-state index in [1.807, 2.05) is 36.9 Å². The van der Waals surface area contributed by atoms with Gasteiger partial charge in [0, 0.05) is 11.3 Å². The predicted molar refractivity (Wildman–Crippen MR) is 135 cm³/mol. The number of amides is 1. The Hall–Kier alpha value is -2.95. The molecule has 2 aromatic carbocycles. The summed E-state index contributed by atoms with van der Waals surface area (Å²) >= 11 is 6.15. The van der Waals surface area contributed by atoms with Crippen LogP contribution in [0.5, 0.6) is 5.75 Å². The van der Waals surface area contributed by atoms with Gasteiger partial charge in [0.25, 0.3) is 0 Å². The van der Waals surface area contributed by atoms with Crippen molar-refractivity contribution in [3.05, 3.63) is 71.0 Å². The number of benzene rings is 2. The highest BCUT2D eigenvalue weighted by Crippen LogP contribution is 2.33. The summed E-state index contributed by atoms with van der Waals surface area (Å²) in [6, 6.07) is 13.1. The number of hydrogen-bond acceptors (Lipinski definition) is 7. The molecule has 9 nitrogen and oxygen atoms in total. The molecule has 0 saturated carbocycles. The quantitative estimate of drug-likeness (QED) is 0.455. The molecule has 1 aliphatic heterocycles. The molecule has 2 atom stereocenters. The van der Waals surface area contributed by atoms with Crippen molar-refractivity contribution in [1.29, 1.82) is 0 Å². The maximum Gasteiger partial charge on any atom is 0.247 e. The van der Waals surface area contributed by atoms with Crippen LogP contribution in [-0.2, 0) is 26.0 Å². The molecule has 0 bridgehead atoms. The summed E-state index contributed by atoms with van der Waals surface area (Å²) in [6.07, 6.45) is 2.52. The Morgan fingerprint density at radius 2 is 2.00 bits per heavy atom. The zero-order chi connectivity index (χ0) is 26.1. The van der Waals surface area contributed by atoms with Gasteiger partial charge in [-0.25, -0.2) is 13.1 Å². The largest absolute Gasteiger partial charge is 0.487 e. The summed E-state index contributed by atoms with van der Waals surface area (Å²) in [5, 5.41) is 8.87. The van der Waals surface area contributed by atoms with Gasteiger partial charge in [-0.1, -0.05) is 35.0 Å². The summed E-state index contributed by atoms with van der Waals surface area (Å²) in [6.45, 7) is 6.56. The van der Waals surface area contributed by atoms with Crippen LogP contribution in [0.15, 0.2) is 59.6 Å². The van der Waals surface area contributed by atoms with Gasteiger partial charge in [0.1, 0.15) is 30.2 Å². The van der Waals surface area contributed by atoms with Gasteiger partial charge in [0.05, 0.1) is 29.8 Å². The molecule has 1 fully saturated rings. The van der Waals surface area contributed by atoms with Crippen LogP contribution in [0.4, 0.5) is 0 Å². The molecule has 1 aliphatic rings. The second-order valence-electron chi connectivity index (χ2n) is 9.52. The highest BCUT2D eigenvalue weighted by atomic mass is 35.5. The smallest absolute Gasteiger partial charge is 0.247 e. The Kier molecular flexibility index (Phi) is 7.40. The molecule has 3 aromatic rings. The first kappa shape index (κ1) is 26.1. The second-order valence-corrected chi connectivity index (χ2v) is 12.0. The average Bonchev–Trinajstić information content (AvgIpc) is 3.30. The third kappa shape index (κ3) is 5.88. The number of sulfone groups is 1. The minimum atomic E-state index is -3.34. The Balaban J connectivity index is 1.44. The monoisotopic (exact) mass is 532 g/mol. The van der Waals surface area contributed by atoms with E-state index in [9.17, 15) is 13.2 Å². The number of halogens is 1. The van der Waals surface area contributed by atoms with Crippen molar-refractivity contribution >= 4 is 27.3 Å². The molecule has 1 saturated heterocycles. The zero-order valence-corrected chi connectivity index (χ0v) is 22.2. The molecule has 2 unspecified atom stereocenters. The Bertz CT molecular complexity index is 1360. The van der Waals surface area contributed by atoms with E-state index in [1.165, 1.54) is 16.8 Å². The molecule has 11 heteroatoms. The number of carbonyl (C=O) groups is 1. The molecule has 0 N–H and O–H groups in total. The highest BCUT2D eigenvalue weighted by molar-refractivity contribution is 7.90. The first-order valence-electron chi connectivity index (χ1n) is 11.5. The van der Waals surface area contributed by atoms with E-state index < -0.39 is 21.4 Å². The zero-order valence-electron chi connectivity index (χ0n) is 20.6. The SMILES string of the molecule is CC(C(=O)N1CC(c2cccc(Cl)c2)OCC1(C)C)n1cc(COc2cccc(S(C)(=O)=O)c2)nn1. The summed E-state index contributed by atoms with van der Waals surface area (Å²) in [4.78, 5) is 15.5. The lowest BCUT2D eigenvalue weighted by Gasteiger charge is -2.46.